The predicted octanol–water partition coefficient (Wildman–Crippen LogP) is 2.07. The van der Waals surface area contributed by atoms with E-state index in [1.54, 1.807) is 45.9 Å². The van der Waals surface area contributed by atoms with Crippen LogP contribution in [0.1, 0.15) is 56.3 Å². The van der Waals surface area contributed by atoms with Crippen LogP contribution in [-0.2, 0) is 23.9 Å². The molecule has 1 aromatic rings. The summed E-state index contributed by atoms with van der Waals surface area (Å²) in [6, 6.07) is 6.03. The fraction of sp³-hybridized carbons (Fsp3) is 0.630. The van der Waals surface area contributed by atoms with Gasteiger partial charge in [-0.2, -0.15) is 0 Å². The van der Waals surface area contributed by atoms with Crippen molar-refractivity contribution in [1.82, 2.24) is 14.7 Å². The van der Waals surface area contributed by atoms with Crippen molar-refractivity contribution in [3.05, 3.63) is 29.8 Å². The summed E-state index contributed by atoms with van der Waals surface area (Å²) in [5.74, 6) is -0.613. The van der Waals surface area contributed by atoms with Crippen LogP contribution in [0.2, 0.25) is 0 Å². The van der Waals surface area contributed by atoms with Gasteiger partial charge in [-0.3, -0.25) is 24.1 Å². The molecule has 0 unspecified atom stereocenters. The molecule has 10 nitrogen and oxygen atoms in total. The number of benzene rings is 1. The zero-order valence-electron chi connectivity index (χ0n) is 21.9. The first kappa shape index (κ1) is 26.9. The lowest BCUT2D eigenvalue weighted by molar-refractivity contribution is -0.153. The highest BCUT2D eigenvalue weighted by molar-refractivity contribution is 5.99. The number of amides is 3. The van der Waals surface area contributed by atoms with Gasteiger partial charge in [0.25, 0.3) is 5.91 Å². The smallest absolute Gasteiger partial charge is 0.310 e. The Morgan fingerprint density at radius 3 is 2.51 bits per heavy atom. The molecule has 2 atom stereocenters. The normalized spacial score (nSPS) is 23.2. The molecular formula is C27H37N3O7. The zero-order valence-corrected chi connectivity index (χ0v) is 21.9. The van der Waals surface area contributed by atoms with Gasteiger partial charge in [-0.15, -0.1) is 0 Å². The molecule has 0 aliphatic carbocycles. The molecule has 3 aliphatic rings. The van der Waals surface area contributed by atoms with Gasteiger partial charge in [-0.05, 0) is 38.0 Å². The van der Waals surface area contributed by atoms with Crippen molar-refractivity contribution in [3.63, 3.8) is 0 Å². The molecule has 37 heavy (non-hydrogen) atoms. The molecule has 4 rings (SSSR count). The molecule has 0 saturated carbocycles. The molecule has 1 spiro atoms. The molecule has 0 radical (unpaired) electrons. The predicted molar refractivity (Wildman–Crippen MR) is 134 cm³/mol. The number of rotatable bonds is 6. The first-order valence-electron chi connectivity index (χ1n) is 13.2. The van der Waals surface area contributed by atoms with Crippen molar-refractivity contribution in [2.24, 2.45) is 5.92 Å². The summed E-state index contributed by atoms with van der Waals surface area (Å²) in [6.07, 6.45) is 2.61. The maximum absolute atomic E-state index is 14.0. The number of esters is 1. The lowest BCUT2D eigenvalue weighted by Crippen LogP contribution is -2.60. The number of methoxy groups -OCH3 is 1. The Labute approximate surface area is 217 Å². The second kappa shape index (κ2) is 11.5. The Balaban J connectivity index is 1.60. The molecule has 0 aromatic heterocycles. The van der Waals surface area contributed by atoms with Crippen LogP contribution in [-0.4, -0.2) is 96.7 Å². The maximum Gasteiger partial charge on any atom is 0.310 e. The second-order valence-electron chi connectivity index (χ2n) is 9.79. The Kier molecular flexibility index (Phi) is 8.36. The van der Waals surface area contributed by atoms with Crippen molar-refractivity contribution >= 4 is 23.7 Å². The van der Waals surface area contributed by atoms with Crippen LogP contribution < -0.4 is 4.74 Å². The first-order chi connectivity index (χ1) is 17.8. The Morgan fingerprint density at radius 1 is 1.08 bits per heavy atom. The van der Waals surface area contributed by atoms with Gasteiger partial charge < -0.3 is 24.0 Å². The van der Waals surface area contributed by atoms with Gasteiger partial charge >= 0.3 is 5.97 Å². The van der Waals surface area contributed by atoms with Crippen LogP contribution in [0.25, 0.3) is 0 Å². The fourth-order valence-electron chi connectivity index (χ4n) is 5.62. The van der Waals surface area contributed by atoms with Crippen molar-refractivity contribution in [3.8, 4) is 5.75 Å². The van der Waals surface area contributed by atoms with E-state index in [0.717, 1.165) is 0 Å². The van der Waals surface area contributed by atoms with Crippen LogP contribution in [0, 0.1) is 5.92 Å². The number of nitrogens with zero attached hydrogens (tertiary/aromatic N) is 3. The highest BCUT2D eigenvalue weighted by Gasteiger charge is 2.55. The molecule has 0 bridgehead atoms. The van der Waals surface area contributed by atoms with Crippen LogP contribution in [0.15, 0.2) is 24.3 Å². The molecule has 1 aromatic carbocycles. The van der Waals surface area contributed by atoms with Gasteiger partial charge in [0.15, 0.2) is 0 Å². The number of carbonyl (C=O) groups is 4. The minimum Gasteiger partial charge on any atom is -0.497 e. The highest BCUT2D eigenvalue weighted by Crippen LogP contribution is 2.39. The van der Waals surface area contributed by atoms with Crippen molar-refractivity contribution < 1.29 is 33.4 Å². The molecule has 202 valence electrons. The fourth-order valence-corrected chi connectivity index (χ4v) is 5.62. The van der Waals surface area contributed by atoms with E-state index < -0.39 is 11.8 Å². The molecule has 0 N–H and O–H groups in total. The van der Waals surface area contributed by atoms with Gasteiger partial charge in [0, 0.05) is 51.0 Å². The van der Waals surface area contributed by atoms with Gasteiger partial charge in [0.2, 0.25) is 11.8 Å². The SMILES string of the molecule is CCOC(=O)[C@@H]1CCCN(C(=O)[C@@H]2COC3(CCN(C(=O)CC)CC3)N2C(=O)c2cccc(OC)c2)C1. The zero-order chi connectivity index (χ0) is 26.6. The number of hydrogen-bond acceptors (Lipinski definition) is 7. The summed E-state index contributed by atoms with van der Waals surface area (Å²) in [5.41, 5.74) is -0.585. The third kappa shape index (κ3) is 5.44. The lowest BCUT2D eigenvalue weighted by Gasteiger charge is -2.45. The number of hydrogen-bond donors (Lipinski definition) is 0. The summed E-state index contributed by atoms with van der Waals surface area (Å²) in [6.45, 7) is 5.63. The van der Waals surface area contributed by atoms with Crippen LogP contribution in [0.3, 0.4) is 0 Å². The average molecular weight is 516 g/mol. The van der Waals surface area contributed by atoms with Crippen LogP contribution in [0.5, 0.6) is 5.75 Å². The highest BCUT2D eigenvalue weighted by atomic mass is 16.5. The summed E-state index contributed by atoms with van der Waals surface area (Å²) < 4.78 is 16.8. The van der Waals surface area contributed by atoms with Crippen LogP contribution in [0.4, 0.5) is 0 Å². The van der Waals surface area contributed by atoms with E-state index in [4.69, 9.17) is 14.2 Å². The van der Waals surface area contributed by atoms with E-state index in [0.29, 0.717) is 69.7 Å². The summed E-state index contributed by atoms with van der Waals surface area (Å²) in [5, 5.41) is 0. The minimum absolute atomic E-state index is 0.0597. The molecule has 3 amide bonds. The van der Waals surface area contributed by atoms with Crippen molar-refractivity contribution in [1.29, 1.82) is 0 Å². The van der Waals surface area contributed by atoms with Gasteiger partial charge in [-0.1, -0.05) is 13.0 Å². The topological polar surface area (TPSA) is 106 Å². The van der Waals surface area contributed by atoms with Crippen LogP contribution >= 0.6 is 0 Å². The third-order valence-corrected chi connectivity index (χ3v) is 7.63. The van der Waals surface area contributed by atoms with Crippen molar-refractivity contribution in [2.45, 2.75) is 57.7 Å². The Hall–Kier alpha value is -3.14. The van der Waals surface area contributed by atoms with Gasteiger partial charge in [0.1, 0.15) is 17.5 Å². The summed E-state index contributed by atoms with van der Waals surface area (Å²) >= 11 is 0. The second-order valence-corrected chi connectivity index (χ2v) is 9.79. The van der Waals surface area contributed by atoms with E-state index in [2.05, 4.69) is 0 Å². The number of carbonyl (C=O) groups excluding carboxylic acids is 4. The molecule has 3 aliphatic heterocycles. The molecule has 3 fully saturated rings. The molecule has 3 saturated heterocycles. The van der Waals surface area contributed by atoms with Crippen molar-refractivity contribution in [2.75, 3.05) is 46.5 Å². The third-order valence-electron chi connectivity index (χ3n) is 7.63. The van der Waals surface area contributed by atoms with Gasteiger partial charge in [-0.25, -0.2) is 0 Å². The first-order valence-corrected chi connectivity index (χ1v) is 13.2. The monoisotopic (exact) mass is 515 g/mol. The van der Waals surface area contributed by atoms with E-state index in [1.165, 1.54) is 7.11 Å². The van der Waals surface area contributed by atoms with E-state index in [9.17, 15) is 19.2 Å². The van der Waals surface area contributed by atoms with Gasteiger partial charge in [0.05, 0.1) is 26.2 Å². The molecule has 10 heteroatoms. The maximum atomic E-state index is 14.0. The summed E-state index contributed by atoms with van der Waals surface area (Å²) in [7, 11) is 1.53. The summed E-state index contributed by atoms with van der Waals surface area (Å²) in [4.78, 5) is 57.5. The minimum atomic E-state index is -0.985. The Bertz CT molecular complexity index is 1020. The average Bonchev–Trinajstić information content (AvgIpc) is 3.30. The number of ether oxygens (including phenoxy) is 3. The van der Waals surface area contributed by atoms with E-state index >= 15 is 0 Å². The number of piperidine rings is 2. The standard InChI is InChI=1S/C27H37N3O7/c1-4-23(31)28-14-11-27(12-15-28)30(24(32)19-8-6-10-21(16-19)35-3)22(18-37-27)25(33)29-13-7-9-20(17-29)26(34)36-5-2/h6,8,10,16,20,22H,4-5,7,9,11-15,17-18H2,1-3H3/t20-,22+/m1/s1. The largest absolute Gasteiger partial charge is 0.497 e. The quantitative estimate of drug-likeness (QED) is 0.534. The van der Waals surface area contributed by atoms with E-state index in [-0.39, 0.29) is 42.8 Å². The number of likely N-dealkylation sites (tertiary alicyclic amines) is 2. The molecule has 3 heterocycles. The Morgan fingerprint density at radius 2 is 1.84 bits per heavy atom. The van der Waals surface area contributed by atoms with E-state index in [1.807, 2.05) is 6.92 Å². The molecular weight excluding hydrogens is 478 g/mol. The lowest BCUT2D eigenvalue weighted by atomic mass is 9.95.